The highest BCUT2D eigenvalue weighted by molar-refractivity contribution is 6.31. The fourth-order valence-electron chi connectivity index (χ4n) is 1.93. The maximum atomic E-state index is 6.01. The molecular weight excluding hydrogens is 302 g/mol. The summed E-state index contributed by atoms with van der Waals surface area (Å²) in [5, 5.41) is 14.8. The van der Waals surface area contributed by atoms with E-state index in [2.05, 4.69) is 32.7 Å². The molecule has 0 bridgehead atoms. The van der Waals surface area contributed by atoms with Gasteiger partial charge in [-0.3, -0.25) is 0 Å². The number of nitrogens with zero attached hydrogens (tertiary/aromatic N) is 3. The molecule has 118 valence electrons. The summed E-state index contributed by atoms with van der Waals surface area (Å²) in [6, 6.07) is 5.34. The highest BCUT2D eigenvalue weighted by Gasteiger charge is 2.06. The van der Waals surface area contributed by atoms with Gasteiger partial charge < -0.3 is 15.4 Å². The van der Waals surface area contributed by atoms with Gasteiger partial charge in [-0.1, -0.05) is 31.4 Å². The second-order valence-electron chi connectivity index (χ2n) is 4.77. The third kappa shape index (κ3) is 4.73. The Morgan fingerprint density at radius 3 is 2.91 bits per heavy atom. The monoisotopic (exact) mass is 321 g/mol. The number of methoxy groups -OCH3 is 1. The van der Waals surface area contributed by atoms with Gasteiger partial charge in [-0.25, -0.2) is 0 Å². The van der Waals surface area contributed by atoms with Crippen LogP contribution in [0.3, 0.4) is 0 Å². The van der Waals surface area contributed by atoms with E-state index < -0.39 is 0 Å². The minimum Gasteiger partial charge on any atom is -0.495 e. The van der Waals surface area contributed by atoms with Crippen LogP contribution in [0.4, 0.5) is 17.5 Å². The molecule has 6 nitrogen and oxygen atoms in total. The van der Waals surface area contributed by atoms with Crippen LogP contribution in [0.2, 0.25) is 5.02 Å². The van der Waals surface area contributed by atoms with Crippen LogP contribution < -0.4 is 15.4 Å². The van der Waals surface area contributed by atoms with Crippen LogP contribution in [-0.4, -0.2) is 28.8 Å². The van der Waals surface area contributed by atoms with Gasteiger partial charge in [0.25, 0.3) is 0 Å². The second-order valence-corrected chi connectivity index (χ2v) is 5.21. The lowest BCUT2D eigenvalue weighted by Gasteiger charge is -2.11. The summed E-state index contributed by atoms with van der Waals surface area (Å²) in [5.74, 6) is 1.76. The molecule has 1 heterocycles. The van der Waals surface area contributed by atoms with Crippen LogP contribution in [0.5, 0.6) is 5.75 Å². The van der Waals surface area contributed by atoms with Crippen LogP contribution >= 0.6 is 11.6 Å². The summed E-state index contributed by atoms with van der Waals surface area (Å²) >= 11 is 6.01. The predicted molar refractivity (Wildman–Crippen MR) is 89.1 cm³/mol. The fourth-order valence-corrected chi connectivity index (χ4v) is 2.10. The van der Waals surface area contributed by atoms with Crippen molar-refractivity contribution >= 4 is 29.1 Å². The Morgan fingerprint density at radius 1 is 1.27 bits per heavy atom. The number of aromatic nitrogens is 3. The third-order valence-electron chi connectivity index (χ3n) is 3.05. The molecule has 0 aliphatic rings. The van der Waals surface area contributed by atoms with Gasteiger partial charge in [-0.15, -0.1) is 5.10 Å². The minimum absolute atomic E-state index is 0.502. The molecule has 0 amide bonds. The van der Waals surface area contributed by atoms with Crippen molar-refractivity contribution in [3.63, 3.8) is 0 Å². The summed E-state index contributed by atoms with van der Waals surface area (Å²) < 4.78 is 5.29. The van der Waals surface area contributed by atoms with Gasteiger partial charge >= 0.3 is 0 Å². The van der Waals surface area contributed by atoms with Gasteiger partial charge in [0.1, 0.15) is 5.75 Å². The van der Waals surface area contributed by atoms with E-state index >= 15 is 0 Å². The van der Waals surface area contributed by atoms with Crippen molar-refractivity contribution in [2.24, 2.45) is 0 Å². The summed E-state index contributed by atoms with van der Waals surface area (Å²) in [5.41, 5.74) is 0.729. The first-order valence-corrected chi connectivity index (χ1v) is 7.65. The lowest BCUT2D eigenvalue weighted by Crippen LogP contribution is -2.07. The smallest absolute Gasteiger partial charge is 0.244 e. The van der Waals surface area contributed by atoms with Gasteiger partial charge in [0.2, 0.25) is 5.95 Å². The third-order valence-corrected chi connectivity index (χ3v) is 3.28. The number of ether oxygens (including phenoxy) is 1. The standard InChI is InChI=1S/C15H20ClN5O/c1-3-4-5-8-17-15-20-14(10-18-21-15)19-12-9-11(16)6-7-13(12)22-2/h6-7,9-10H,3-5,8H2,1-2H3,(H2,17,19,20,21). The SMILES string of the molecule is CCCCCNc1nncc(Nc2cc(Cl)ccc2OC)n1. The lowest BCUT2D eigenvalue weighted by atomic mass is 10.2. The van der Waals surface area contributed by atoms with E-state index in [1.54, 1.807) is 31.5 Å². The molecule has 2 rings (SSSR count). The normalized spacial score (nSPS) is 10.3. The first-order valence-electron chi connectivity index (χ1n) is 7.27. The Hall–Kier alpha value is -2.08. The van der Waals surface area contributed by atoms with Crippen molar-refractivity contribution in [2.45, 2.75) is 26.2 Å². The number of hydrogen-bond acceptors (Lipinski definition) is 6. The number of nitrogens with one attached hydrogen (secondary N) is 2. The van der Waals surface area contributed by atoms with Crippen LogP contribution in [0.25, 0.3) is 0 Å². The van der Waals surface area contributed by atoms with E-state index in [0.717, 1.165) is 18.7 Å². The highest BCUT2D eigenvalue weighted by atomic mass is 35.5. The van der Waals surface area contributed by atoms with Gasteiger partial charge in [-0.2, -0.15) is 10.1 Å². The van der Waals surface area contributed by atoms with Crippen molar-refractivity contribution in [1.29, 1.82) is 0 Å². The topological polar surface area (TPSA) is 72.0 Å². The van der Waals surface area contributed by atoms with Crippen LogP contribution in [0, 0.1) is 0 Å². The molecule has 2 N–H and O–H groups in total. The summed E-state index contributed by atoms with van der Waals surface area (Å²) in [6.45, 7) is 3.00. The number of halogens is 1. The lowest BCUT2D eigenvalue weighted by molar-refractivity contribution is 0.417. The Balaban J connectivity index is 2.05. The van der Waals surface area contributed by atoms with Crippen LogP contribution in [0.1, 0.15) is 26.2 Å². The molecule has 0 radical (unpaired) electrons. The van der Waals surface area contributed by atoms with Gasteiger partial charge in [0.15, 0.2) is 5.82 Å². The van der Waals surface area contributed by atoms with E-state index in [4.69, 9.17) is 16.3 Å². The zero-order valence-electron chi connectivity index (χ0n) is 12.8. The molecule has 0 fully saturated rings. The Kier molecular flexibility index (Phi) is 6.21. The molecule has 0 aliphatic carbocycles. The maximum absolute atomic E-state index is 6.01. The van der Waals surface area contributed by atoms with Crippen molar-refractivity contribution < 1.29 is 4.74 Å². The average Bonchev–Trinajstić information content (AvgIpc) is 2.52. The fraction of sp³-hybridized carbons (Fsp3) is 0.400. The maximum Gasteiger partial charge on any atom is 0.244 e. The zero-order valence-corrected chi connectivity index (χ0v) is 13.5. The molecule has 0 atom stereocenters. The summed E-state index contributed by atoms with van der Waals surface area (Å²) in [6.07, 6.45) is 4.99. The molecule has 0 saturated heterocycles. The van der Waals surface area contributed by atoms with Crippen molar-refractivity contribution in [3.05, 3.63) is 29.4 Å². The van der Waals surface area contributed by atoms with E-state index in [0.29, 0.717) is 22.5 Å². The van der Waals surface area contributed by atoms with Crippen molar-refractivity contribution in [2.75, 3.05) is 24.3 Å². The van der Waals surface area contributed by atoms with Crippen molar-refractivity contribution in [3.8, 4) is 5.75 Å². The number of unbranched alkanes of at least 4 members (excludes halogenated alkanes) is 2. The quantitative estimate of drug-likeness (QED) is 0.719. The van der Waals surface area contributed by atoms with E-state index in [1.807, 2.05) is 0 Å². The Bertz CT molecular complexity index is 608. The number of rotatable bonds is 8. The highest BCUT2D eigenvalue weighted by Crippen LogP contribution is 2.29. The van der Waals surface area contributed by atoms with Crippen LogP contribution in [0.15, 0.2) is 24.4 Å². The largest absolute Gasteiger partial charge is 0.495 e. The Morgan fingerprint density at radius 2 is 2.14 bits per heavy atom. The van der Waals surface area contributed by atoms with Crippen molar-refractivity contribution in [1.82, 2.24) is 15.2 Å². The molecule has 1 aromatic carbocycles. The van der Waals surface area contributed by atoms with E-state index in [1.165, 1.54) is 12.8 Å². The Labute approximate surface area is 135 Å². The number of benzene rings is 1. The van der Waals surface area contributed by atoms with Crippen LogP contribution in [-0.2, 0) is 0 Å². The minimum atomic E-state index is 0.502. The number of anilines is 3. The van der Waals surface area contributed by atoms with E-state index in [9.17, 15) is 0 Å². The summed E-state index contributed by atoms with van der Waals surface area (Å²) in [7, 11) is 1.60. The van der Waals surface area contributed by atoms with Gasteiger partial charge in [0.05, 0.1) is 19.0 Å². The predicted octanol–water partition coefficient (Wildman–Crippen LogP) is 3.88. The second kappa shape index (κ2) is 8.38. The first kappa shape index (κ1) is 16.3. The molecule has 1 aromatic heterocycles. The van der Waals surface area contributed by atoms with Gasteiger partial charge in [-0.05, 0) is 24.6 Å². The summed E-state index contributed by atoms with van der Waals surface area (Å²) in [4.78, 5) is 4.38. The molecule has 22 heavy (non-hydrogen) atoms. The number of hydrogen-bond donors (Lipinski definition) is 2. The molecule has 7 heteroatoms. The molecule has 0 aliphatic heterocycles. The molecular formula is C15H20ClN5O. The first-order chi connectivity index (χ1) is 10.7. The zero-order chi connectivity index (χ0) is 15.8. The molecule has 0 spiro atoms. The molecule has 0 saturated carbocycles. The molecule has 2 aromatic rings. The molecule has 0 unspecified atom stereocenters. The average molecular weight is 322 g/mol. The van der Waals surface area contributed by atoms with E-state index in [-0.39, 0.29) is 0 Å². The van der Waals surface area contributed by atoms with Gasteiger partial charge in [0, 0.05) is 11.6 Å².